The van der Waals surface area contributed by atoms with E-state index >= 15 is 0 Å². The van der Waals surface area contributed by atoms with Crippen LogP contribution in [-0.4, -0.2) is 70.9 Å². The van der Waals surface area contributed by atoms with Crippen LogP contribution < -0.4 is 5.32 Å². The minimum atomic E-state index is -0.195. The largest absolute Gasteiger partial charge is 0.349 e. The van der Waals surface area contributed by atoms with Gasteiger partial charge in [-0.2, -0.15) is 0 Å². The second-order valence-electron chi connectivity index (χ2n) is 11.6. The van der Waals surface area contributed by atoms with Crippen LogP contribution in [0.5, 0.6) is 0 Å². The first kappa shape index (κ1) is 25.7. The summed E-state index contributed by atoms with van der Waals surface area (Å²) in [5, 5.41) is 2.97. The highest BCUT2D eigenvalue weighted by molar-refractivity contribution is 5.86. The molecule has 2 heterocycles. The molecule has 1 saturated heterocycles. The summed E-state index contributed by atoms with van der Waals surface area (Å²) >= 11 is 0. The lowest BCUT2D eigenvalue weighted by Gasteiger charge is -2.51. The predicted octanol–water partition coefficient (Wildman–Crippen LogP) is 4.31. The van der Waals surface area contributed by atoms with Gasteiger partial charge in [-0.05, 0) is 83.2 Å². The molecule has 7 heteroatoms. The Bertz CT molecular complexity index is 1110. The zero-order chi connectivity index (χ0) is 26.0. The van der Waals surface area contributed by atoms with Gasteiger partial charge >= 0.3 is 6.03 Å². The fourth-order valence-electron chi connectivity index (χ4n) is 6.63. The quantitative estimate of drug-likeness (QED) is 0.583. The Morgan fingerprint density at radius 1 is 1.05 bits per heavy atom. The fraction of sp³-hybridized carbons (Fsp3) is 0.567. The minimum Gasteiger partial charge on any atom is -0.349 e. The van der Waals surface area contributed by atoms with Crippen molar-refractivity contribution in [1.82, 2.24) is 25.0 Å². The molecule has 0 bridgehead atoms. The SMILES string of the molecule is Cc1cccc(CNC(=O)CN2C[C@]3(CC[C@](c4ccccc4)(N(C)C)CC3)N(CC3CCC3)C2=O)n1. The number of carbonyl (C=O) groups excluding carboxylic acids is 2. The predicted molar refractivity (Wildman–Crippen MR) is 145 cm³/mol. The van der Waals surface area contributed by atoms with Crippen LogP contribution in [0, 0.1) is 12.8 Å². The number of hydrogen-bond donors (Lipinski definition) is 1. The number of rotatable bonds is 8. The number of amides is 3. The first-order valence-electron chi connectivity index (χ1n) is 13.8. The molecule has 0 radical (unpaired) electrons. The van der Waals surface area contributed by atoms with Crippen LogP contribution >= 0.6 is 0 Å². The standard InChI is InChI=1S/C30H41N5O2/c1-23-9-7-14-26(32-23)19-31-27(36)21-34-22-29(35(28(34)37)20-24-10-8-11-24)15-17-30(18-16-29,33(2)3)25-12-5-4-6-13-25/h4-7,9,12-14,24H,8,10-11,15-22H2,1-3H3,(H,31,36)/t29-,30+. The van der Waals surface area contributed by atoms with Gasteiger partial charge in [0.25, 0.3) is 0 Å². The van der Waals surface area contributed by atoms with Crippen LogP contribution in [0.1, 0.15) is 61.9 Å². The highest BCUT2D eigenvalue weighted by atomic mass is 16.2. The van der Waals surface area contributed by atoms with E-state index in [0.717, 1.165) is 43.6 Å². The molecule has 37 heavy (non-hydrogen) atoms. The molecule has 1 aromatic heterocycles. The lowest BCUT2D eigenvalue weighted by Crippen LogP contribution is -2.56. The van der Waals surface area contributed by atoms with Crippen LogP contribution in [0.2, 0.25) is 0 Å². The van der Waals surface area contributed by atoms with E-state index in [1.807, 2.05) is 25.1 Å². The summed E-state index contributed by atoms with van der Waals surface area (Å²) in [6.45, 7) is 3.88. The number of pyridine rings is 1. The second kappa shape index (κ2) is 10.4. The van der Waals surface area contributed by atoms with E-state index in [1.165, 1.54) is 24.8 Å². The molecule has 5 rings (SSSR count). The number of nitrogens with zero attached hydrogens (tertiary/aromatic N) is 4. The molecule has 2 aliphatic carbocycles. The smallest absolute Gasteiger partial charge is 0.321 e. The van der Waals surface area contributed by atoms with Crippen molar-refractivity contribution >= 4 is 11.9 Å². The van der Waals surface area contributed by atoms with E-state index < -0.39 is 0 Å². The van der Waals surface area contributed by atoms with Gasteiger partial charge < -0.3 is 15.1 Å². The number of carbonyl (C=O) groups is 2. The second-order valence-corrected chi connectivity index (χ2v) is 11.6. The molecule has 0 unspecified atom stereocenters. The third-order valence-corrected chi connectivity index (χ3v) is 9.15. The van der Waals surface area contributed by atoms with E-state index in [1.54, 1.807) is 4.90 Å². The van der Waals surface area contributed by atoms with Crippen LogP contribution in [0.4, 0.5) is 4.79 Å². The third kappa shape index (κ3) is 5.11. The Morgan fingerprint density at radius 2 is 1.78 bits per heavy atom. The first-order chi connectivity index (χ1) is 17.8. The molecule has 2 saturated carbocycles. The van der Waals surface area contributed by atoms with Gasteiger partial charge in [-0.3, -0.25) is 14.7 Å². The topological polar surface area (TPSA) is 68.8 Å². The van der Waals surface area contributed by atoms with Gasteiger partial charge in [0.1, 0.15) is 6.54 Å². The van der Waals surface area contributed by atoms with Crippen molar-refractivity contribution in [3.63, 3.8) is 0 Å². The van der Waals surface area contributed by atoms with E-state index in [2.05, 4.69) is 64.5 Å². The van der Waals surface area contributed by atoms with Gasteiger partial charge in [0, 0.05) is 24.3 Å². The van der Waals surface area contributed by atoms with Gasteiger partial charge in [-0.25, -0.2) is 4.79 Å². The summed E-state index contributed by atoms with van der Waals surface area (Å²) in [4.78, 5) is 37.4. The Hall–Kier alpha value is -2.93. The van der Waals surface area contributed by atoms with Gasteiger partial charge in [0.05, 0.1) is 17.8 Å². The molecule has 1 aromatic carbocycles. The Labute approximate surface area is 221 Å². The first-order valence-corrected chi connectivity index (χ1v) is 13.8. The minimum absolute atomic E-state index is 0.0245. The maximum Gasteiger partial charge on any atom is 0.321 e. The molecule has 198 valence electrons. The van der Waals surface area contributed by atoms with Crippen molar-refractivity contribution in [3.05, 3.63) is 65.5 Å². The summed E-state index contributed by atoms with van der Waals surface area (Å²) in [5.41, 5.74) is 2.89. The zero-order valence-corrected chi connectivity index (χ0v) is 22.6. The number of hydrogen-bond acceptors (Lipinski definition) is 4. The lowest BCUT2D eigenvalue weighted by atomic mass is 9.68. The van der Waals surface area contributed by atoms with Crippen LogP contribution in [0.15, 0.2) is 48.5 Å². The van der Waals surface area contributed by atoms with Crippen LogP contribution in [-0.2, 0) is 16.9 Å². The van der Waals surface area contributed by atoms with Crippen molar-refractivity contribution in [2.24, 2.45) is 5.92 Å². The average Bonchev–Trinajstić information content (AvgIpc) is 3.11. The van der Waals surface area contributed by atoms with Crippen molar-refractivity contribution in [3.8, 4) is 0 Å². The number of urea groups is 1. The molecule has 1 aliphatic heterocycles. The van der Waals surface area contributed by atoms with E-state index in [-0.39, 0.29) is 29.6 Å². The number of aromatic nitrogens is 1. The Kier molecular flexibility index (Phi) is 7.26. The van der Waals surface area contributed by atoms with Gasteiger partial charge in [0.15, 0.2) is 0 Å². The summed E-state index contributed by atoms with van der Waals surface area (Å²) in [6.07, 6.45) is 7.56. The Balaban J connectivity index is 1.30. The highest BCUT2D eigenvalue weighted by Gasteiger charge is 2.55. The van der Waals surface area contributed by atoms with Gasteiger partial charge in [-0.15, -0.1) is 0 Å². The van der Waals surface area contributed by atoms with Gasteiger partial charge in [-0.1, -0.05) is 42.8 Å². The lowest BCUT2D eigenvalue weighted by molar-refractivity contribution is -0.121. The number of nitrogens with one attached hydrogen (secondary N) is 1. The molecule has 1 N–H and O–H groups in total. The molecule has 2 aromatic rings. The number of benzene rings is 1. The molecule has 3 amide bonds. The summed E-state index contributed by atoms with van der Waals surface area (Å²) in [6, 6.07) is 16.6. The van der Waals surface area contributed by atoms with E-state index in [4.69, 9.17) is 0 Å². The maximum absolute atomic E-state index is 13.7. The average molecular weight is 504 g/mol. The Morgan fingerprint density at radius 3 is 2.41 bits per heavy atom. The molecule has 7 nitrogen and oxygen atoms in total. The molecular weight excluding hydrogens is 462 g/mol. The normalized spacial score (nSPS) is 26.1. The van der Waals surface area contributed by atoms with Crippen molar-refractivity contribution in [2.45, 2.75) is 69.5 Å². The fourth-order valence-corrected chi connectivity index (χ4v) is 6.63. The molecular formula is C30H41N5O2. The van der Waals surface area contributed by atoms with Gasteiger partial charge in [0.2, 0.25) is 5.91 Å². The maximum atomic E-state index is 13.7. The molecule has 1 spiro atoms. The monoisotopic (exact) mass is 503 g/mol. The van der Waals surface area contributed by atoms with E-state index in [0.29, 0.717) is 19.0 Å². The summed E-state index contributed by atoms with van der Waals surface area (Å²) in [5.74, 6) is 0.469. The zero-order valence-electron chi connectivity index (χ0n) is 22.6. The third-order valence-electron chi connectivity index (χ3n) is 9.15. The van der Waals surface area contributed by atoms with Crippen molar-refractivity contribution in [2.75, 3.05) is 33.7 Å². The van der Waals surface area contributed by atoms with Crippen molar-refractivity contribution < 1.29 is 9.59 Å². The van der Waals surface area contributed by atoms with Crippen LogP contribution in [0.3, 0.4) is 0 Å². The summed E-state index contributed by atoms with van der Waals surface area (Å²) in [7, 11) is 4.35. The van der Waals surface area contributed by atoms with E-state index in [9.17, 15) is 9.59 Å². The van der Waals surface area contributed by atoms with Crippen LogP contribution in [0.25, 0.3) is 0 Å². The summed E-state index contributed by atoms with van der Waals surface area (Å²) < 4.78 is 0. The molecule has 3 aliphatic rings. The molecule has 3 fully saturated rings. The molecule has 0 atom stereocenters. The van der Waals surface area contributed by atoms with Crippen molar-refractivity contribution in [1.29, 1.82) is 0 Å². The number of aryl methyl sites for hydroxylation is 1. The highest BCUT2D eigenvalue weighted by Crippen LogP contribution is 2.49.